The van der Waals surface area contributed by atoms with Crippen LogP contribution >= 0.6 is 0 Å². The van der Waals surface area contributed by atoms with Gasteiger partial charge in [0.25, 0.3) is 0 Å². The number of aryl methyl sites for hydroxylation is 1. The summed E-state index contributed by atoms with van der Waals surface area (Å²) in [6, 6.07) is 21.3. The summed E-state index contributed by atoms with van der Waals surface area (Å²) < 4.78 is 15.6. The number of likely N-dealkylation sites (tertiary alicyclic amines) is 1. The number of imidazole rings is 1. The Morgan fingerprint density at radius 1 is 0.941 bits per heavy atom. The molecular weight excluding hydrogens is 425 g/mol. The van der Waals surface area contributed by atoms with Gasteiger partial charge in [0.2, 0.25) is 5.91 Å². The first-order chi connectivity index (χ1) is 16.6. The molecule has 1 saturated heterocycles. The van der Waals surface area contributed by atoms with Crippen molar-refractivity contribution >= 4 is 16.9 Å². The second kappa shape index (κ2) is 8.39. The molecule has 0 radical (unpaired) electrons. The molecule has 6 rings (SSSR count). The number of aromatic nitrogens is 2. The first kappa shape index (κ1) is 21.1. The Labute approximate surface area is 199 Å². The lowest BCUT2D eigenvalue weighted by atomic mass is 10.0. The van der Waals surface area contributed by atoms with E-state index >= 15 is 0 Å². The van der Waals surface area contributed by atoms with Gasteiger partial charge in [0.15, 0.2) is 0 Å². The molecule has 2 fully saturated rings. The van der Waals surface area contributed by atoms with E-state index in [0.717, 1.165) is 78.0 Å². The fraction of sp³-hybridized carbons (Fsp3) is 0.310. The summed E-state index contributed by atoms with van der Waals surface area (Å²) in [5.41, 5.74) is 6.44. The van der Waals surface area contributed by atoms with Crippen LogP contribution < -0.4 is 0 Å². The Hall–Kier alpha value is -3.47. The maximum Gasteiger partial charge on any atom is 0.225 e. The van der Waals surface area contributed by atoms with Crippen molar-refractivity contribution in [1.29, 1.82) is 0 Å². The standard InChI is InChI=1S/C29H28FN3O/c1-19-3-2-4-26-27(19)31-28(23-7-5-21(6-8-23)22-11-13-25(30)14-12-22)33(26)18-20-15-16-32(17-20)29(34)24-9-10-24/h2-8,11-14,20,24H,9-10,15-18H2,1H3/t20-/m0/s1. The van der Waals surface area contributed by atoms with Crippen LogP contribution in [0.3, 0.4) is 0 Å². The molecule has 0 bridgehead atoms. The third-order valence-electron chi connectivity index (χ3n) is 7.27. The number of para-hydroxylation sites is 1. The minimum absolute atomic E-state index is 0.228. The molecule has 0 unspecified atom stereocenters. The number of hydrogen-bond donors (Lipinski definition) is 0. The highest BCUT2D eigenvalue weighted by atomic mass is 19.1. The summed E-state index contributed by atoms with van der Waals surface area (Å²) in [5.74, 6) is 1.80. The molecule has 2 heterocycles. The first-order valence-corrected chi connectivity index (χ1v) is 12.2. The monoisotopic (exact) mass is 453 g/mol. The zero-order chi connectivity index (χ0) is 23.2. The Morgan fingerprint density at radius 2 is 1.62 bits per heavy atom. The van der Waals surface area contributed by atoms with Gasteiger partial charge in [-0.25, -0.2) is 9.37 Å². The highest BCUT2D eigenvalue weighted by molar-refractivity contribution is 5.84. The number of fused-ring (bicyclic) bond motifs is 1. The largest absolute Gasteiger partial charge is 0.342 e. The van der Waals surface area contributed by atoms with Crippen molar-refractivity contribution in [3.63, 3.8) is 0 Å². The van der Waals surface area contributed by atoms with E-state index in [-0.39, 0.29) is 11.7 Å². The molecule has 1 atom stereocenters. The summed E-state index contributed by atoms with van der Waals surface area (Å²) in [7, 11) is 0. The molecule has 4 aromatic rings. The smallest absolute Gasteiger partial charge is 0.225 e. The van der Waals surface area contributed by atoms with Crippen LogP contribution in [0.2, 0.25) is 0 Å². The Bertz CT molecular complexity index is 1350. The van der Waals surface area contributed by atoms with E-state index in [1.54, 1.807) is 12.1 Å². The molecule has 1 amide bonds. The molecular formula is C29H28FN3O. The van der Waals surface area contributed by atoms with Gasteiger partial charge in [0.1, 0.15) is 11.6 Å². The molecule has 5 heteroatoms. The third-order valence-corrected chi connectivity index (χ3v) is 7.27. The van der Waals surface area contributed by atoms with Gasteiger partial charge in [0.05, 0.1) is 11.0 Å². The molecule has 2 aliphatic rings. The molecule has 1 aromatic heterocycles. The molecule has 0 spiro atoms. The normalized spacial score (nSPS) is 18.1. The summed E-state index contributed by atoms with van der Waals surface area (Å²) in [6.45, 7) is 4.66. The van der Waals surface area contributed by atoms with Crippen LogP contribution in [0.4, 0.5) is 4.39 Å². The van der Waals surface area contributed by atoms with Crippen LogP contribution in [0.1, 0.15) is 24.8 Å². The van der Waals surface area contributed by atoms with Crippen molar-refractivity contribution in [2.24, 2.45) is 11.8 Å². The minimum Gasteiger partial charge on any atom is -0.342 e. The van der Waals surface area contributed by atoms with Crippen LogP contribution in [0.5, 0.6) is 0 Å². The van der Waals surface area contributed by atoms with E-state index in [4.69, 9.17) is 4.98 Å². The lowest BCUT2D eigenvalue weighted by Gasteiger charge is -2.18. The number of amides is 1. The predicted octanol–water partition coefficient (Wildman–Crippen LogP) is 6.08. The van der Waals surface area contributed by atoms with Crippen molar-refractivity contribution in [3.05, 3.63) is 78.1 Å². The van der Waals surface area contributed by atoms with E-state index in [9.17, 15) is 9.18 Å². The second-order valence-corrected chi connectivity index (χ2v) is 9.79. The van der Waals surface area contributed by atoms with Gasteiger partial charge >= 0.3 is 0 Å². The van der Waals surface area contributed by atoms with Gasteiger partial charge < -0.3 is 9.47 Å². The van der Waals surface area contributed by atoms with Crippen molar-refractivity contribution in [3.8, 4) is 22.5 Å². The average molecular weight is 454 g/mol. The van der Waals surface area contributed by atoms with Gasteiger partial charge in [0, 0.05) is 31.1 Å². The maximum atomic E-state index is 13.3. The highest BCUT2D eigenvalue weighted by Gasteiger charge is 2.36. The quantitative estimate of drug-likeness (QED) is 0.367. The summed E-state index contributed by atoms with van der Waals surface area (Å²) in [4.78, 5) is 19.7. The number of benzene rings is 3. The van der Waals surface area contributed by atoms with Crippen molar-refractivity contribution < 1.29 is 9.18 Å². The molecule has 0 N–H and O–H groups in total. The molecule has 4 nitrogen and oxygen atoms in total. The zero-order valence-corrected chi connectivity index (χ0v) is 19.4. The molecule has 3 aromatic carbocycles. The second-order valence-electron chi connectivity index (χ2n) is 9.79. The molecule has 1 aliphatic heterocycles. The van der Waals surface area contributed by atoms with Crippen molar-refractivity contribution in [2.45, 2.75) is 32.7 Å². The van der Waals surface area contributed by atoms with Gasteiger partial charge in [-0.2, -0.15) is 0 Å². The fourth-order valence-corrected chi connectivity index (χ4v) is 5.17. The predicted molar refractivity (Wildman–Crippen MR) is 133 cm³/mol. The molecule has 172 valence electrons. The van der Waals surface area contributed by atoms with Crippen LogP contribution in [-0.2, 0) is 11.3 Å². The summed E-state index contributed by atoms with van der Waals surface area (Å²) in [5, 5.41) is 0. The number of halogens is 1. The van der Waals surface area contributed by atoms with E-state index in [2.05, 4.69) is 58.9 Å². The van der Waals surface area contributed by atoms with Crippen LogP contribution in [0, 0.1) is 24.6 Å². The lowest BCUT2D eigenvalue weighted by molar-refractivity contribution is -0.131. The first-order valence-electron chi connectivity index (χ1n) is 12.2. The zero-order valence-electron chi connectivity index (χ0n) is 19.4. The van der Waals surface area contributed by atoms with Gasteiger partial charge in [-0.15, -0.1) is 0 Å². The summed E-state index contributed by atoms with van der Waals surface area (Å²) in [6.07, 6.45) is 3.15. The molecule has 34 heavy (non-hydrogen) atoms. The Kier molecular flexibility index (Phi) is 5.20. The number of carbonyl (C=O) groups excluding carboxylic acids is 1. The minimum atomic E-state index is -0.228. The fourth-order valence-electron chi connectivity index (χ4n) is 5.17. The van der Waals surface area contributed by atoms with E-state index in [0.29, 0.717) is 11.8 Å². The lowest BCUT2D eigenvalue weighted by Crippen LogP contribution is -2.30. The SMILES string of the molecule is Cc1cccc2c1nc(-c1ccc(-c3ccc(F)cc3)cc1)n2C[C@H]1CCN(C(=O)C2CC2)C1. The average Bonchev–Trinajstić information content (AvgIpc) is 3.49. The Balaban J connectivity index is 1.32. The number of rotatable bonds is 5. The molecule has 1 saturated carbocycles. The summed E-state index contributed by atoms with van der Waals surface area (Å²) >= 11 is 0. The molecule has 1 aliphatic carbocycles. The Morgan fingerprint density at radius 3 is 2.32 bits per heavy atom. The number of hydrogen-bond acceptors (Lipinski definition) is 2. The highest BCUT2D eigenvalue weighted by Crippen LogP contribution is 2.34. The van der Waals surface area contributed by atoms with Crippen LogP contribution in [-0.4, -0.2) is 33.4 Å². The van der Waals surface area contributed by atoms with Crippen molar-refractivity contribution in [1.82, 2.24) is 14.5 Å². The van der Waals surface area contributed by atoms with Gasteiger partial charge in [-0.05, 0) is 67.0 Å². The van der Waals surface area contributed by atoms with Crippen LogP contribution in [0.15, 0.2) is 66.7 Å². The third kappa shape index (κ3) is 3.89. The van der Waals surface area contributed by atoms with Gasteiger partial charge in [-0.3, -0.25) is 4.79 Å². The number of nitrogens with zero attached hydrogens (tertiary/aromatic N) is 3. The van der Waals surface area contributed by atoms with Gasteiger partial charge in [-0.1, -0.05) is 48.5 Å². The topological polar surface area (TPSA) is 38.1 Å². The van der Waals surface area contributed by atoms with E-state index < -0.39 is 0 Å². The van der Waals surface area contributed by atoms with Crippen LogP contribution in [0.25, 0.3) is 33.5 Å². The van der Waals surface area contributed by atoms with E-state index in [1.165, 1.54) is 12.1 Å². The number of carbonyl (C=O) groups is 1. The van der Waals surface area contributed by atoms with E-state index in [1.807, 2.05) is 0 Å². The van der Waals surface area contributed by atoms with Crippen molar-refractivity contribution in [2.75, 3.05) is 13.1 Å². The maximum absolute atomic E-state index is 13.3.